The lowest BCUT2D eigenvalue weighted by Crippen LogP contribution is -2.60. The van der Waals surface area contributed by atoms with E-state index in [0.717, 1.165) is 46.5 Å². The number of carbonyl (C=O) groups is 8. The van der Waals surface area contributed by atoms with Gasteiger partial charge in [0.25, 0.3) is 5.56 Å². The van der Waals surface area contributed by atoms with Gasteiger partial charge in [0.1, 0.15) is 35.9 Å². The number of ether oxygens (including phenoxy) is 3. The molecular formula is C72H86FN13O13. The van der Waals surface area contributed by atoms with Gasteiger partial charge in [0.05, 0.1) is 86.7 Å². The quantitative estimate of drug-likeness (QED) is 0.0266. The average Bonchev–Trinajstić information content (AvgIpc) is 1.61. The lowest BCUT2D eigenvalue weighted by atomic mass is 9.65. The molecule has 1 saturated carbocycles. The maximum Gasteiger partial charge on any atom is 0.343 e. The Hall–Kier alpha value is -9.31. The number of unbranched alkanes of at least 4 members (excludes halogenated alkanes) is 1. The number of nitrogens with one attached hydrogen (secondary N) is 6. The molecule has 6 aliphatic rings. The van der Waals surface area contributed by atoms with Crippen molar-refractivity contribution in [1.29, 1.82) is 0 Å². The van der Waals surface area contributed by atoms with Crippen LogP contribution in [0.2, 0.25) is 0 Å². The van der Waals surface area contributed by atoms with Gasteiger partial charge in [-0.05, 0) is 118 Å². The van der Waals surface area contributed by atoms with Gasteiger partial charge in [0.15, 0.2) is 5.60 Å². The summed E-state index contributed by atoms with van der Waals surface area (Å²) in [5.74, 6) is -4.32. The second-order valence-corrected chi connectivity index (χ2v) is 27.3. The molecule has 4 atom stereocenters. The fourth-order valence-electron chi connectivity index (χ4n) is 15.0. The molecule has 0 radical (unpaired) electrons. The first kappa shape index (κ1) is 69.6. The summed E-state index contributed by atoms with van der Waals surface area (Å²) >= 11 is 0. The van der Waals surface area contributed by atoms with Gasteiger partial charge in [-0.1, -0.05) is 63.2 Å². The van der Waals surface area contributed by atoms with E-state index in [9.17, 15) is 48.3 Å². The van der Waals surface area contributed by atoms with Crippen LogP contribution in [0.3, 0.4) is 0 Å². The van der Waals surface area contributed by atoms with E-state index in [2.05, 4.69) is 42.0 Å². The number of esters is 1. The van der Waals surface area contributed by atoms with Crippen LogP contribution in [-0.2, 0) is 84.3 Å². The maximum atomic E-state index is 15.5. The molecule has 2 fully saturated rings. The molecule has 4 unspecified atom stereocenters. The molecule has 27 heteroatoms. The van der Waals surface area contributed by atoms with Gasteiger partial charge in [-0.15, -0.1) is 0 Å². The van der Waals surface area contributed by atoms with E-state index in [1.54, 1.807) is 38.7 Å². The predicted molar refractivity (Wildman–Crippen MR) is 361 cm³/mol. The molecule has 1 spiro atoms. The molecule has 4 aliphatic heterocycles. The van der Waals surface area contributed by atoms with Crippen LogP contribution in [0.5, 0.6) is 0 Å². The van der Waals surface area contributed by atoms with E-state index in [0.29, 0.717) is 109 Å². The minimum absolute atomic E-state index is 0.0114. The van der Waals surface area contributed by atoms with Crippen LogP contribution in [0.15, 0.2) is 65.5 Å². The Morgan fingerprint density at radius 1 is 0.808 bits per heavy atom. The topological polar surface area (TPSA) is 354 Å². The van der Waals surface area contributed by atoms with Crippen LogP contribution >= 0.6 is 0 Å². The van der Waals surface area contributed by atoms with Crippen molar-refractivity contribution >= 4 is 63.9 Å². The molecule has 0 bridgehead atoms. The summed E-state index contributed by atoms with van der Waals surface area (Å²) < 4.78 is 33.6. The number of cyclic esters (lactones) is 1. The standard InChI is InChI=1S/C72H86FN13O13/c1-5-72(96)49-32-55-63-47(36-86(55)69(94)48(49)37-99-70(72)95)61-51(18-17-44-41(4)50(73)33-53(78-63)60(44)61)77-57(88)34-76-67(92)52(15-10-11-26-74)79-68(93)62(40(2)3)80-56(87)22-28-97-30-31-98-29-23-58(89)84-38-71(39-84)24-19-42(20-25-71)66(91)75-27-21-59(90)85-35-43-12-6-7-13-45(43)64-65(82-83-81-64)46-14-8-9-16-54(46)85/h6-9,12-14,16,32-33,40,42,51-52,62,96H,5,10-11,15,17-31,34-39,74H2,1-4H3,(H,75,91)(H,76,92)(H,77,88)(H,79,93)(H,80,87)(H,81,82,83). The highest BCUT2D eigenvalue weighted by molar-refractivity contribution is 6.01. The number of rotatable bonds is 26. The largest absolute Gasteiger partial charge is 0.458 e. The van der Waals surface area contributed by atoms with Gasteiger partial charge in [-0.25, -0.2) is 14.2 Å². The molecule has 99 heavy (non-hydrogen) atoms. The van der Waals surface area contributed by atoms with Crippen molar-refractivity contribution < 1.29 is 62.1 Å². The van der Waals surface area contributed by atoms with E-state index >= 15 is 4.39 Å². The van der Waals surface area contributed by atoms with Crippen LogP contribution in [0.1, 0.15) is 143 Å². The number of nitrogens with two attached hydrogens (primary N) is 1. The van der Waals surface area contributed by atoms with Crippen molar-refractivity contribution in [2.45, 2.75) is 155 Å². The van der Waals surface area contributed by atoms with Crippen molar-refractivity contribution in [2.75, 3.05) is 64.1 Å². The summed E-state index contributed by atoms with van der Waals surface area (Å²) in [6.45, 7) is 8.78. The first-order valence-electron chi connectivity index (χ1n) is 34.5. The molecule has 2 aliphatic carbocycles. The lowest BCUT2D eigenvalue weighted by Gasteiger charge is -2.53. The Labute approximate surface area is 571 Å². The van der Waals surface area contributed by atoms with E-state index in [1.165, 1.54) is 10.6 Å². The van der Waals surface area contributed by atoms with E-state index < -0.39 is 71.2 Å². The normalized spacial score (nSPS) is 18.4. The summed E-state index contributed by atoms with van der Waals surface area (Å²) in [5, 5.41) is 38.1. The molecule has 3 aromatic carbocycles. The monoisotopic (exact) mass is 1360 g/mol. The third kappa shape index (κ3) is 14.2. The van der Waals surface area contributed by atoms with Gasteiger partial charge in [0.2, 0.25) is 41.4 Å². The van der Waals surface area contributed by atoms with Crippen molar-refractivity contribution in [1.82, 2.24) is 56.4 Å². The van der Waals surface area contributed by atoms with Crippen LogP contribution in [0.4, 0.5) is 10.1 Å². The smallest absolute Gasteiger partial charge is 0.343 e. The fourth-order valence-corrected chi connectivity index (χ4v) is 15.0. The second-order valence-electron chi connectivity index (χ2n) is 27.3. The molecule has 524 valence electrons. The zero-order valence-electron chi connectivity index (χ0n) is 56.3. The van der Waals surface area contributed by atoms with Gasteiger partial charge < -0.3 is 66.0 Å². The Morgan fingerprint density at radius 2 is 1.53 bits per heavy atom. The minimum Gasteiger partial charge on any atom is -0.458 e. The van der Waals surface area contributed by atoms with E-state index in [4.69, 9.17) is 24.9 Å². The Bertz CT molecular complexity index is 4210. The van der Waals surface area contributed by atoms with Crippen LogP contribution in [0, 0.1) is 30.0 Å². The Balaban J connectivity index is 0.548. The van der Waals surface area contributed by atoms with Crippen molar-refractivity contribution in [3.05, 3.63) is 116 Å². The molecule has 7 amide bonds. The number of aromatic nitrogens is 5. The number of anilines is 1. The maximum absolute atomic E-state index is 15.5. The molecule has 6 aromatic rings. The second kappa shape index (κ2) is 29.6. The van der Waals surface area contributed by atoms with Crippen LogP contribution in [0.25, 0.3) is 44.8 Å². The van der Waals surface area contributed by atoms with Crippen LogP contribution in [-0.4, -0.2) is 154 Å². The number of pyridine rings is 2. The number of amides is 7. The third-order valence-corrected chi connectivity index (χ3v) is 20.6. The number of halogens is 1. The van der Waals surface area contributed by atoms with Crippen molar-refractivity contribution in [2.24, 2.45) is 23.0 Å². The van der Waals surface area contributed by atoms with Gasteiger partial charge in [-0.2, -0.15) is 15.4 Å². The van der Waals surface area contributed by atoms with Crippen molar-refractivity contribution in [3.63, 3.8) is 0 Å². The summed E-state index contributed by atoms with van der Waals surface area (Å²) in [4.78, 5) is 131. The Kier molecular flexibility index (Phi) is 20.8. The number of H-pyrrole nitrogens is 1. The summed E-state index contributed by atoms with van der Waals surface area (Å²) in [5.41, 5.74) is 11.7. The van der Waals surface area contributed by atoms with Gasteiger partial charge in [0, 0.05) is 77.5 Å². The SMILES string of the molecule is CCC1(O)C(=O)OCc2c1cc1n(c2=O)Cc2c-1nc1cc(F)c(C)c3c1c2C(NC(=O)CNC(=O)C(CCCCN)NC(=O)C(NC(=O)CCOCCOCCC(=O)N1CC2(CCC(C(=O)NCCC(=O)N4Cc5ccccc5-c5n[nH]nc5-c5ccccc54)CC2)C1)C(C)C)CC3. The number of nitrogens with zero attached hydrogens (tertiary/aromatic N) is 6. The highest BCUT2D eigenvalue weighted by atomic mass is 19.1. The summed E-state index contributed by atoms with van der Waals surface area (Å²) in [6, 6.07) is 15.6. The number of likely N-dealkylation sites (tertiary alicyclic amines) is 1. The number of aromatic amines is 1. The zero-order valence-corrected chi connectivity index (χ0v) is 56.3. The average molecular weight is 1360 g/mol. The molecule has 1 saturated heterocycles. The fraction of sp³-hybridized carbons (Fsp3) is 0.500. The van der Waals surface area contributed by atoms with Gasteiger partial charge in [-0.3, -0.25) is 38.4 Å². The highest BCUT2D eigenvalue weighted by Gasteiger charge is 2.49. The molecule has 3 aromatic heterocycles. The highest BCUT2D eigenvalue weighted by Crippen LogP contribution is 2.48. The predicted octanol–water partition coefficient (Wildman–Crippen LogP) is 4.84. The molecule has 7 heterocycles. The molecule has 9 N–H and O–H groups in total. The first-order chi connectivity index (χ1) is 47.7. The molecular weight excluding hydrogens is 1270 g/mol. The number of hydrogen-bond donors (Lipinski definition) is 8. The number of aliphatic hydroxyl groups is 1. The molecule has 26 nitrogen and oxygen atoms in total. The number of hydrogen-bond acceptors (Lipinski definition) is 17. The van der Waals surface area contributed by atoms with E-state index in [-0.39, 0.29) is 124 Å². The number of benzene rings is 3. The minimum atomic E-state index is -2.06. The number of fused-ring (bicyclic) bond motifs is 10. The number of aryl methyl sites for hydroxylation is 1. The number of carbonyl (C=O) groups excluding carboxylic acids is 8. The zero-order chi connectivity index (χ0) is 69.9. The molecule has 12 rings (SSSR count). The number of para-hydroxylation sites is 1. The third-order valence-electron chi connectivity index (χ3n) is 20.6. The summed E-state index contributed by atoms with van der Waals surface area (Å²) in [6.07, 6.45) is 5.21. The van der Waals surface area contributed by atoms with Crippen LogP contribution < -0.4 is 42.8 Å². The van der Waals surface area contributed by atoms with E-state index in [1.807, 2.05) is 53.4 Å². The lowest BCUT2D eigenvalue weighted by molar-refractivity contribution is -0.172. The van der Waals surface area contributed by atoms with Gasteiger partial charge >= 0.3 is 5.97 Å². The summed E-state index contributed by atoms with van der Waals surface area (Å²) in [7, 11) is 0. The first-order valence-corrected chi connectivity index (χ1v) is 34.5. The Morgan fingerprint density at radius 3 is 2.26 bits per heavy atom. The van der Waals surface area contributed by atoms with Crippen molar-refractivity contribution in [3.8, 4) is 33.9 Å².